The van der Waals surface area contributed by atoms with Gasteiger partial charge in [-0.3, -0.25) is 9.80 Å². The number of hydrogen-bond donors (Lipinski definition) is 0. The molecule has 0 radical (unpaired) electrons. The first-order chi connectivity index (χ1) is 6.07. The monoisotopic (exact) mass is 183 g/mol. The summed E-state index contributed by atoms with van der Waals surface area (Å²) < 4.78 is 0. The number of amides is 2. The van der Waals surface area contributed by atoms with Crippen molar-refractivity contribution in [2.45, 2.75) is 13.1 Å². The largest absolute Gasteiger partial charge is 0.325 e. The molecule has 1 heterocycles. The van der Waals surface area contributed by atoms with Crippen LogP contribution >= 0.6 is 0 Å². The fraction of sp³-hybridized carbons (Fsp3) is 0.667. The first kappa shape index (κ1) is 10.1. The molecule has 0 aromatic heterocycles. The predicted octanol–water partition coefficient (Wildman–Crippen LogP) is 0.775. The van der Waals surface area contributed by atoms with Gasteiger partial charge in [0.2, 0.25) is 0 Å². The Morgan fingerprint density at radius 3 is 2.54 bits per heavy atom. The zero-order chi connectivity index (χ0) is 10.0. The lowest BCUT2D eigenvalue weighted by atomic mass is 10.4. The van der Waals surface area contributed by atoms with Crippen LogP contribution in [-0.4, -0.2) is 54.1 Å². The molecule has 1 aliphatic heterocycles. The van der Waals surface area contributed by atoms with Crippen LogP contribution in [0.4, 0.5) is 4.79 Å². The molecule has 1 aliphatic rings. The van der Waals surface area contributed by atoms with E-state index < -0.39 is 0 Å². The quantitative estimate of drug-likeness (QED) is 0.646. The van der Waals surface area contributed by atoms with Gasteiger partial charge in [-0.15, -0.1) is 0 Å². The van der Waals surface area contributed by atoms with E-state index in [0.717, 1.165) is 13.1 Å². The molecule has 0 aliphatic carbocycles. The van der Waals surface area contributed by atoms with Gasteiger partial charge >= 0.3 is 6.03 Å². The van der Waals surface area contributed by atoms with Crippen molar-refractivity contribution in [2.24, 2.45) is 0 Å². The SMILES string of the molecule is C=CN1CCN(C(C)N(C)C)C1=O. The Kier molecular flexibility index (Phi) is 2.93. The van der Waals surface area contributed by atoms with Crippen molar-refractivity contribution < 1.29 is 4.79 Å². The van der Waals surface area contributed by atoms with E-state index in [0.29, 0.717) is 0 Å². The van der Waals surface area contributed by atoms with Crippen molar-refractivity contribution >= 4 is 6.03 Å². The molecule has 1 fully saturated rings. The van der Waals surface area contributed by atoms with Gasteiger partial charge in [0.05, 0.1) is 6.17 Å². The van der Waals surface area contributed by atoms with Crippen LogP contribution in [0, 0.1) is 0 Å². The average molecular weight is 183 g/mol. The molecule has 0 N–H and O–H groups in total. The van der Waals surface area contributed by atoms with E-state index in [4.69, 9.17) is 0 Å². The number of hydrogen-bond acceptors (Lipinski definition) is 2. The minimum absolute atomic E-state index is 0.0520. The third kappa shape index (κ3) is 1.83. The normalized spacial score (nSPS) is 19.8. The molecule has 0 spiro atoms. The van der Waals surface area contributed by atoms with E-state index in [1.165, 1.54) is 0 Å². The maximum absolute atomic E-state index is 11.6. The van der Waals surface area contributed by atoms with Crippen molar-refractivity contribution in [3.63, 3.8) is 0 Å². The van der Waals surface area contributed by atoms with Crippen molar-refractivity contribution in [3.05, 3.63) is 12.8 Å². The van der Waals surface area contributed by atoms with Crippen LogP contribution in [0.1, 0.15) is 6.92 Å². The maximum Gasteiger partial charge on any atom is 0.325 e. The Morgan fingerprint density at radius 2 is 2.15 bits per heavy atom. The average Bonchev–Trinajstić information content (AvgIpc) is 2.45. The third-order valence-electron chi connectivity index (χ3n) is 2.49. The summed E-state index contributed by atoms with van der Waals surface area (Å²) in [5.41, 5.74) is 0. The van der Waals surface area contributed by atoms with E-state index in [2.05, 4.69) is 6.58 Å². The van der Waals surface area contributed by atoms with Crippen LogP contribution in [0.5, 0.6) is 0 Å². The minimum atomic E-state index is 0.0520. The molecular formula is C9H17N3O. The highest BCUT2D eigenvalue weighted by Crippen LogP contribution is 2.13. The van der Waals surface area contributed by atoms with Crippen LogP contribution < -0.4 is 0 Å². The molecule has 74 valence electrons. The van der Waals surface area contributed by atoms with E-state index in [9.17, 15) is 4.79 Å². The molecule has 1 unspecified atom stereocenters. The Hall–Kier alpha value is -1.03. The second kappa shape index (κ2) is 3.79. The second-order valence-electron chi connectivity index (χ2n) is 3.45. The molecule has 0 saturated carbocycles. The van der Waals surface area contributed by atoms with Crippen molar-refractivity contribution in [1.29, 1.82) is 0 Å². The van der Waals surface area contributed by atoms with Gasteiger partial charge in [-0.05, 0) is 21.0 Å². The molecule has 1 rings (SSSR count). The van der Waals surface area contributed by atoms with E-state index in [-0.39, 0.29) is 12.2 Å². The first-order valence-corrected chi connectivity index (χ1v) is 4.44. The Morgan fingerprint density at radius 1 is 1.54 bits per heavy atom. The molecule has 1 saturated heterocycles. The first-order valence-electron chi connectivity index (χ1n) is 4.44. The molecule has 1 atom stereocenters. The number of rotatable bonds is 3. The lowest BCUT2D eigenvalue weighted by Crippen LogP contribution is -2.44. The summed E-state index contributed by atoms with van der Waals surface area (Å²) in [4.78, 5) is 17.1. The Bertz CT molecular complexity index is 215. The fourth-order valence-corrected chi connectivity index (χ4v) is 1.37. The number of carbonyl (C=O) groups is 1. The van der Waals surface area contributed by atoms with Crippen molar-refractivity contribution in [1.82, 2.24) is 14.7 Å². The zero-order valence-electron chi connectivity index (χ0n) is 8.53. The van der Waals surface area contributed by atoms with E-state index in [1.54, 1.807) is 11.1 Å². The molecule has 0 bridgehead atoms. The fourth-order valence-electron chi connectivity index (χ4n) is 1.37. The number of nitrogens with zero attached hydrogens (tertiary/aromatic N) is 3. The summed E-state index contributed by atoms with van der Waals surface area (Å²) in [6.45, 7) is 7.15. The van der Waals surface area contributed by atoms with Gasteiger partial charge in [-0.1, -0.05) is 6.58 Å². The lowest BCUT2D eigenvalue weighted by Gasteiger charge is -2.29. The summed E-state index contributed by atoms with van der Waals surface area (Å²) in [5, 5.41) is 0. The van der Waals surface area contributed by atoms with Gasteiger partial charge in [0.15, 0.2) is 0 Å². The number of urea groups is 1. The van der Waals surface area contributed by atoms with Gasteiger partial charge in [-0.25, -0.2) is 4.79 Å². The van der Waals surface area contributed by atoms with Crippen molar-refractivity contribution in [3.8, 4) is 0 Å². The van der Waals surface area contributed by atoms with Crippen LogP contribution in [0.2, 0.25) is 0 Å². The summed E-state index contributed by atoms with van der Waals surface area (Å²) in [5.74, 6) is 0. The van der Waals surface area contributed by atoms with Gasteiger partial charge in [0.1, 0.15) is 0 Å². The van der Waals surface area contributed by atoms with Gasteiger partial charge < -0.3 is 4.90 Å². The van der Waals surface area contributed by atoms with Gasteiger partial charge in [0.25, 0.3) is 0 Å². The highest BCUT2D eigenvalue weighted by Gasteiger charge is 2.30. The minimum Gasteiger partial charge on any atom is -0.307 e. The van der Waals surface area contributed by atoms with Crippen molar-refractivity contribution in [2.75, 3.05) is 27.2 Å². The molecule has 0 aromatic carbocycles. The highest BCUT2D eigenvalue weighted by molar-refractivity contribution is 5.77. The Labute approximate surface area is 79.4 Å². The summed E-state index contributed by atoms with van der Waals surface area (Å²) in [6, 6.07) is 0.0520. The molecule has 4 nitrogen and oxygen atoms in total. The van der Waals surface area contributed by atoms with E-state index in [1.807, 2.05) is 30.8 Å². The highest BCUT2D eigenvalue weighted by atomic mass is 16.2. The topological polar surface area (TPSA) is 26.8 Å². The molecule has 13 heavy (non-hydrogen) atoms. The van der Waals surface area contributed by atoms with E-state index >= 15 is 0 Å². The molecule has 2 amide bonds. The third-order valence-corrected chi connectivity index (χ3v) is 2.49. The second-order valence-corrected chi connectivity index (χ2v) is 3.45. The van der Waals surface area contributed by atoms with Crippen LogP contribution in [0.25, 0.3) is 0 Å². The van der Waals surface area contributed by atoms with Gasteiger partial charge in [-0.2, -0.15) is 0 Å². The standard InChI is InChI=1S/C9H17N3O/c1-5-11-6-7-12(9(11)13)8(2)10(3)4/h5,8H,1,6-7H2,2-4H3. The number of carbonyl (C=O) groups excluding carboxylic acids is 1. The summed E-state index contributed by atoms with van der Waals surface area (Å²) >= 11 is 0. The van der Waals surface area contributed by atoms with Gasteiger partial charge in [0, 0.05) is 19.3 Å². The summed E-state index contributed by atoms with van der Waals surface area (Å²) in [6.07, 6.45) is 1.74. The Balaban J connectivity index is 2.64. The maximum atomic E-state index is 11.6. The predicted molar refractivity (Wildman–Crippen MR) is 52.2 cm³/mol. The molecule has 0 aromatic rings. The zero-order valence-corrected chi connectivity index (χ0v) is 8.53. The summed E-state index contributed by atoms with van der Waals surface area (Å²) in [7, 11) is 3.93. The lowest BCUT2D eigenvalue weighted by molar-refractivity contribution is 0.128. The molecular weight excluding hydrogens is 166 g/mol. The van der Waals surface area contributed by atoms with Crippen LogP contribution in [0.15, 0.2) is 12.8 Å². The van der Waals surface area contributed by atoms with Crippen LogP contribution in [0.3, 0.4) is 0 Å². The smallest absolute Gasteiger partial charge is 0.307 e. The molecule has 4 heteroatoms. The van der Waals surface area contributed by atoms with Crippen LogP contribution in [-0.2, 0) is 0 Å².